The van der Waals surface area contributed by atoms with E-state index in [-0.39, 0.29) is 0 Å². The number of primary sulfonamides is 1. The fraction of sp³-hybridized carbons (Fsp3) is 0.286. The number of halogens is 2. The molecule has 0 spiro atoms. The van der Waals surface area contributed by atoms with E-state index >= 15 is 0 Å². The minimum Gasteiger partial charge on any atom is -0.476 e. The summed E-state index contributed by atoms with van der Waals surface area (Å²) >= 11 is 0. The van der Waals surface area contributed by atoms with Crippen LogP contribution in [0.4, 0.5) is 14.5 Å². The van der Waals surface area contributed by atoms with Crippen molar-refractivity contribution in [3.8, 4) is 5.88 Å². The van der Waals surface area contributed by atoms with Gasteiger partial charge >= 0.3 is 5.69 Å². The standard InChI is InChI=1S/C7H7F2N3O5S/c1-17-7-5(12(13)14)4(18(10,15)16)2-3(11-7)6(8)9/h2,6H,1H3,(H2,10,15,16). The first-order valence-electron chi connectivity index (χ1n) is 4.22. The van der Waals surface area contributed by atoms with Crippen LogP contribution < -0.4 is 9.88 Å². The van der Waals surface area contributed by atoms with E-state index in [1.54, 1.807) is 0 Å². The molecular formula is C7H7F2N3O5S. The van der Waals surface area contributed by atoms with E-state index in [0.29, 0.717) is 6.07 Å². The Kier molecular flexibility index (Phi) is 3.76. The number of pyridine rings is 1. The second-order valence-electron chi connectivity index (χ2n) is 3.01. The van der Waals surface area contributed by atoms with Crippen molar-refractivity contribution in [3.05, 3.63) is 21.9 Å². The van der Waals surface area contributed by atoms with Crippen molar-refractivity contribution >= 4 is 15.7 Å². The van der Waals surface area contributed by atoms with E-state index in [0.717, 1.165) is 7.11 Å². The van der Waals surface area contributed by atoms with Crippen molar-refractivity contribution in [2.75, 3.05) is 7.11 Å². The molecule has 0 radical (unpaired) electrons. The number of nitro groups is 1. The highest BCUT2D eigenvalue weighted by molar-refractivity contribution is 7.89. The highest BCUT2D eigenvalue weighted by Crippen LogP contribution is 2.34. The molecule has 0 aliphatic heterocycles. The SMILES string of the molecule is COc1nc(C(F)F)cc(S(N)(=O)=O)c1[N+](=O)[O-]. The number of nitrogens with two attached hydrogens (primary N) is 1. The predicted molar refractivity (Wildman–Crippen MR) is 53.8 cm³/mol. The highest BCUT2D eigenvalue weighted by Gasteiger charge is 2.32. The molecule has 0 aliphatic carbocycles. The molecule has 0 amide bonds. The number of sulfonamides is 1. The molecule has 0 aliphatic rings. The van der Waals surface area contributed by atoms with Crippen molar-refractivity contribution in [3.63, 3.8) is 0 Å². The first kappa shape index (κ1) is 14.2. The van der Waals surface area contributed by atoms with Gasteiger partial charge in [-0.15, -0.1) is 0 Å². The summed E-state index contributed by atoms with van der Waals surface area (Å²) in [5.41, 5.74) is -2.06. The summed E-state index contributed by atoms with van der Waals surface area (Å²) in [7, 11) is -3.63. The summed E-state index contributed by atoms with van der Waals surface area (Å²) in [6.07, 6.45) is -3.12. The smallest absolute Gasteiger partial charge is 0.350 e. The predicted octanol–water partition coefficient (Wildman–Crippen LogP) is 0.583. The Balaban J connectivity index is 3.74. The summed E-state index contributed by atoms with van der Waals surface area (Å²) in [5, 5.41) is 15.4. The van der Waals surface area contributed by atoms with Crippen LogP contribution in [0.2, 0.25) is 0 Å². The molecule has 0 saturated carbocycles. The van der Waals surface area contributed by atoms with Crippen LogP contribution in [0, 0.1) is 10.1 Å². The molecule has 0 fully saturated rings. The van der Waals surface area contributed by atoms with Gasteiger partial charge in [0.1, 0.15) is 5.69 Å². The van der Waals surface area contributed by atoms with Crippen LogP contribution in [0.1, 0.15) is 12.1 Å². The van der Waals surface area contributed by atoms with E-state index in [4.69, 9.17) is 5.14 Å². The van der Waals surface area contributed by atoms with Crippen LogP contribution in [-0.2, 0) is 10.0 Å². The Morgan fingerprint density at radius 2 is 2.11 bits per heavy atom. The normalized spacial score (nSPS) is 11.6. The van der Waals surface area contributed by atoms with E-state index in [1.807, 2.05) is 0 Å². The molecule has 1 aromatic rings. The van der Waals surface area contributed by atoms with E-state index < -0.39 is 43.5 Å². The zero-order valence-electron chi connectivity index (χ0n) is 8.83. The van der Waals surface area contributed by atoms with Crippen molar-refractivity contribution in [1.29, 1.82) is 0 Å². The molecule has 0 atom stereocenters. The average molecular weight is 283 g/mol. The van der Waals surface area contributed by atoms with E-state index in [2.05, 4.69) is 9.72 Å². The number of methoxy groups -OCH3 is 1. The van der Waals surface area contributed by atoms with Crippen molar-refractivity contribution in [1.82, 2.24) is 4.98 Å². The topological polar surface area (TPSA) is 125 Å². The maximum atomic E-state index is 12.5. The monoisotopic (exact) mass is 283 g/mol. The Hall–Kier alpha value is -1.88. The minimum absolute atomic E-state index is 0.348. The van der Waals surface area contributed by atoms with Crippen LogP contribution in [0.15, 0.2) is 11.0 Å². The number of nitrogens with zero attached hydrogens (tertiary/aromatic N) is 2. The Morgan fingerprint density at radius 3 is 2.44 bits per heavy atom. The molecule has 1 heterocycles. The van der Waals surface area contributed by atoms with Gasteiger partial charge in [0.2, 0.25) is 10.0 Å². The van der Waals surface area contributed by atoms with Crippen LogP contribution in [0.5, 0.6) is 5.88 Å². The fourth-order valence-corrected chi connectivity index (χ4v) is 1.87. The largest absolute Gasteiger partial charge is 0.476 e. The molecule has 0 saturated heterocycles. The second kappa shape index (κ2) is 4.78. The number of aromatic nitrogens is 1. The van der Waals surface area contributed by atoms with Gasteiger partial charge < -0.3 is 4.74 Å². The zero-order chi connectivity index (χ0) is 14.1. The van der Waals surface area contributed by atoms with Crippen molar-refractivity contribution < 1.29 is 26.9 Å². The molecule has 18 heavy (non-hydrogen) atoms. The van der Waals surface area contributed by atoms with Gasteiger partial charge in [0, 0.05) is 0 Å². The number of hydrogen-bond acceptors (Lipinski definition) is 6. The van der Waals surface area contributed by atoms with Gasteiger partial charge in [-0.05, 0) is 6.07 Å². The minimum atomic E-state index is -4.56. The molecule has 0 aromatic carbocycles. The van der Waals surface area contributed by atoms with Gasteiger partial charge in [-0.2, -0.15) is 0 Å². The number of hydrogen-bond donors (Lipinski definition) is 1. The Labute approximate surface area is 99.6 Å². The van der Waals surface area contributed by atoms with Gasteiger partial charge in [-0.3, -0.25) is 10.1 Å². The zero-order valence-corrected chi connectivity index (χ0v) is 9.65. The third-order valence-electron chi connectivity index (χ3n) is 1.85. The molecule has 11 heteroatoms. The molecule has 0 bridgehead atoms. The summed E-state index contributed by atoms with van der Waals surface area (Å²) < 4.78 is 51.6. The third kappa shape index (κ3) is 2.68. The van der Waals surface area contributed by atoms with E-state index in [1.165, 1.54) is 0 Å². The summed E-state index contributed by atoms with van der Waals surface area (Å²) in [6.45, 7) is 0. The van der Waals surface area contributed by atoms with Crippen LogP contribution in [0.25, 0.3) is 0 Å². The lowest BCUT2D eigenvalue weighted by atomic mass is 10.3. The number of alkyl halides is 2. The Bertz CT molecular complexity index is 589. The highest BCUT2D eigenvalue weighted by atomic mass is 32.2. The molecule has 1 rings (SSSR count). The van der Waals surface area contributed by atoms with Gasteiger partial charge in [0.15, 0.2) is 4.90 Å². The van der Waals surface area contributed by atoms with Gasteiger partial charge in [0.25, 0.3) is 12.3 Å². The average Bonchev–Trinajstić information content (AvgIpc) is 2.25. The molecule has 1 aromatic heterocycles. The maximum absolute atomic E-state index is 12.5. The lowest BCUT2D eigenvalue weighted by Gasteiger charge is -2.07. The quantitative estimate of drug-likeness (QED) is 0.636. The van der Waals surface area contributed by atoms with Crippen LogP contribution >= 0.6 is 0 Å². The lowest BCUT2D eigenvalue weighted by Crippen LogP contribution is -2.16. The Morgan fingerprint density at radius 1 is 1.56 bits per heavy atom. The lowest BCUT2D eigenvalue weighted by molar-refractivity contribution is -0.389. The number of ether oxygens (including phenoxy) is 1. The maximum Gasteiger partial charge on any atom is 0.350 e. The summed E-state index contributed by atoms with van der Waals surface area (Å²) in [4.78, 5) is 11.7. The first-order chi connectivity index (χ1) is 8.18. The van der Waals surface area contributed by atoms with E-state index in [9.17, 15) is 27.3 Å². The molecule has 2 N–H and O–H groups in total. The van der Waals surface area contributed by atoms with Gasteiger partial charge in [-0.1, -0.05) is 0 Å². The molecule has 8 nitrogen and oxygen atoms in total. The van der Waals surface area contributed by atoms with Gasteiger partial charge in [-0.25, -0.2) is 27.3 Å². The number of rotatable bonds is 4. The fourth-order valence-electron chi connectivity index (χ4n) is 1.15. The summed E-state index contributed by atoms with van der Waals surface area (Å²) in [6, 6.07) is 0.348. The van der Waals surface area contributed by atoms with Gasteiger partial charge in [0.05, 0.1) is 12.0 Å². The second-order valence-corrected chi connectivity index (χ2v) is 4.54. The van der Waals surface area contributed by atoms with Crippen molar-refractivity contribution in [2.24, 2.45) is 5.14 Å². The van der Waals surface area contributed by atoms with Crippen molar-refractivity contribution in [2.45, 2.75) is 11.3 Å². The van der Waals surface area contributed by atoms with Crippen LogP contribution in [-0.4, -0.2) is 25.4 Å². The van der Waals surface area contributed by atoms with Crippen LogP contribution in [0.3, 0.4) is 0 Å². The first-order valence-corrected chi connectivity index (χ1v) is 5.77. The molecule has 100 valence electrons. The summed E-state index contributed by atoms with van der Waals surface area (Å²) in [5.74, 6) is -0.846. The third-order valence-corrected chi connectivity index (χ3v) is 2.78. The molecular weight excluding hydrogens is 276 g/mol. The molecule has 0 unspecified atom stereocenters.